The molecule has 1 aliphatic rings. The number of carbonyl (C=O) groups excluding carboxylic acids is 1. The molecule has 2 N–H and O–H groups in total. The van der Waals surface area contributed by atoms with E-state index in [9.17, 15) is 4.79 Å². The van der Waals surface area contributed by atoms with Crippen LogP contribution in [0, 0.1) is 5.92 Å². The number of ether oxygens (including phenoxy) is 1. The maximum atomic E-state index is 11.7. The van der Waals surface area contributed by atoms with Gasteiger partial charge >= 0.3 is 5.97 Å². The summed E-state index contributed by atoms with van der Waals surface area (Å²) in [6, 6.07) is 2.12. The third kappa shape index (κ3) is 2.06. The molecule has 2 aromatic rings. The number of carbonyl (C=O) groups is 1. The molecule has 0 radical (unpaired) electrons. The Morgan fingerprint density at radius 2 is 2.40 bits per heavy atom. The summed E-state index contributed by atoms with van der Waals surface area (Å²) in [5.74, 6) is 0.358. The number of methoxy groups -OCH3 is 1. The van der Waals surface area contributed by atoms with Gasteiger partial charge in [0.1, 0.15) is 9.71 Å². The van der Waals surface area contributed by atoms with E-state index in [4.69, 9.17) is 15.5 Å². The van der Waals surface area contributed by atoms with Crippen molar-refractivity contribution >= 4 is 33.2 Å². The monoisotopic (exact) mass is 290 g/mol. The molecule has 1 aliphatic carbocycles. The van der Waals surface area contributed by atoms with Crippen molar-refractivity contribution in [3.63, 3.8) is 0 Å². The average Bonchev–Trinajstić information content (AvgIpc) is 2.80. The van der Waals surface area contributed by atoms with Gasteiger partial charge in [0.2, 0.25) is 0 Å². The topological polar surface area (TPSA) is 65.2 Å². The number of anilines is 1. The number of hydrogen-bond donors (Lipinski definition) is 1. The van der Waals surface area contributed by atoms with Crippen molar-refractivity contribution in [3.05, 3.63) is 22.2 Å². The zero-order valence-corrected chi connectivity index (χ0v) is 12.5. The van der Waals surface area contributed by atoms with Crippen LogP contribution in [0.4, 0.5) is 5.69 Å². The Labute approximate surface area is 122 Å². The van der Waals surface area contributed by atoms with Crippen molar-refractivity contribution in [2.45, 2.75) is 32.6 Å². The second kappa shape index (κ2) is 5.05. The van der Waals surface area contributed by atoms with Crippen molar-refractivity contribution in [2.75, 3.05) is 12.8 Å². The first kappa shape index (κ1) is 13.4. The number of hydrogen-bond acceptors (Lipinski definition) is 5. The Morgan fingerprint density at radius 3 is 3.10 bits per heavy atom. The van der Waals surface area contributed by atoms with Gasteiger partial charge in [0.15, 0.2) is 0 Å². The fourth-order valence-electron chi connectivity index (χ4n) is 2.86. The van der Waals surface area contributed by atoms with E-state index in [2.05, 4.69) is 13.0 Å². The third-order valence-electron chi connectivity index (χ3n) is 4.14. The number of aryl methyl sites for hydroxylation is 1. The van der Waals surface area contributed by atoms with E-state index in [0.29, 0.717) is 10.6 Å². The van der Waals surface area contributed by atoms with Gasteiger partial charge in [-0.25, -0.2) is 9.78 Å². The summed E-state index contributed by atoms with van der Waals surface area (Å²) >= 11 is 1.33. The fourth-order valence-corrected chi connectivity index (χ4v) is 3.87. The predicted octanol–water partition coefficient (Wildman–Crippen LogP) is 3.18. The quantitative estimate of drug-likeness (QED) is 0.863. The molecule has 2 aromatic heterocycles. The van der Waals surface area contributed by atoms with Gasteiger partial charge in [-0.3, -0.25) is 0 Å². The number of pyridine rings is 1. The molecule has 0 spiro atoms. The van der Waals surface area contributed by atoms with Crippen molar-refractivity contribution in [1.82, 2.24) is 4.98 Å². The van der Waals surface area contributed by atoms with Crippen LogP contribution in [0.15, 0.2) is 6.07 Å². The molecule has 0 fully saturated rings. The molecule has 0 saturated heterocycles. The molecular weight excluding hydrogens is 272 g/mol. The summed E-state index contributed by atoms with van der Waals surface area (Å²) in [7, 11) is 1.37. The van der Waals surface area contributed by atoms with Gasteiger partial charge in [-0.05, 0) is 36.8 Å². The lowest BCUT2D eigenvalue weighted by molar-refractivity contribution is 0.0607. The molecule has 2 heterocycles. The summed E-state index contributed by atoms with van der Waals surface area (Å²) < 4.78 is 4.77. The molecule has 0 saturated carbocycles. The Kier molecular flexibility index (Phi) is 3.38. The molecule has 106 valence electrons. The number of thiophene rings is 1. The van der Waals surface area contributed by atoms with Crippen molar-refractivity contribution in [2.24, 2.45) is 5.92 Å². The first-order valence-corrected chi connectivity index (χ1v) is 7.74. The van der Waals surface area contributed by atoms with Crippen LogP contribution in [0.5, 0.6) is 0 Å². The van der Waals surface area contributed by atoms with Crippen LogP contribution in [0.1, 0.15) is 40.7 Å². The number of aromatic nitrogens is 1. The molecule has 20 heavy (non-hydrogen) atoms. The molecule has 3 rings (SSSR count). The average molecular weight is 290 g/mol. The molecule has 0 aromatic carbocycles. The Morgan fingerprint density at radius 1 is 1.60 bits per heavy atom. The molecule has 5 heteroatoms. The highest BCUT2D eigenvalue weighted by molar-refractivity contribution is 7.21. The third-order valence-corrected chi connectivity index (χ3v) is 5.23. The van der Waals surface area contributed by atoms with Crippen LogP contribution in [-0.2, 0) is 17.6 Å². The minimum absolute atomic E-state index is 0.380. The molecule has 0 amide bonds. The van der Waals surface area contributed by atoms with E-state index in [1.165, 1.54) is 42.5 Å². The SMILES string of the molecule is CC[C@@H]1CCc2nc3sc(C(=O)OC)c(N)c3cc2C1. The van der Waals surface area contributed by atoms with E-state index < -0.39 is 0 Å². The summed E-state index contributed by atoms with van der Waals surface area (Å²) in [6.07, 6.45) is 4.49. The molecule has 0 aliphatic heterocycles. The van der Waals surface area contributed by atoms with Gasteiger partial charge in [0, 0.05) is 11.1 Å². The largest absolute Gasteiger partial charge is 0.465 e. The summed E-state index contributed by atoms with van der Waals surface area (Å²) in [4.78, 5) is 17.7. The Hall–Kier alpha value is -1.62. The van der Waals surface area contributed by atoms with Crippen LogP contribution in [-0.4, -0.2) is 18.1 Å². The van der Waals surface area contributed by atoms with Gasteiger partial charge < -0.3 is 10.5 Å². The summed E-state index contributed by atoms with van der Waals surface area (Å²) in [5.41, 5.74) is 9.05. The van der Waals surface area contributed by atoms with E-state index >= 15 is 0 Å². The second-order valence-electron chi connectivity index (χ2n) is 5.30. The number of fused-ring (bicyclic) bond motifs is 2. The molecular formula is C15H18N2O2S. The number of nitrogens with zero attached hydrogens (tertiary/aromatic N) is 1. The first-order chi connectivity index (χ1) is 9.63. The molecule has 0 unspecified atom stereocenters. The van der Waals surface area contributed by atoms with Crippen LogP contribution >= 0.6 is 11.3 Å². The van der Waals surface area contributed by atoms with Crippen LogP contribution < -0.4 is 5.73 Å². The second-order valence-corrected chi connectivity index (χ2v) is 6.30. The maximum Gasteiger partial charge on any atom is 0.350 e. The van der Waals surface area contributed by atoms with Crippen molar-refractivity contribution < 1.29 is 9.53 Å². The lowest BCUT2D eigenvalue weighted by Gasteiger charge is -2.22. The van der Waals surface area contributed by atoms with Gasteiger partial charge in [0.25, 0.3) is 0 Å². The van der Waals surface area contributed by atoms with Crippen LogP contribution in [0.3, 0.4) is 0 Å². The van der Waals surface area contributed by atoms with Gasteiger partial charge in [-0.1, -0.05) is 13.3 Å². The minimum atomic E-state index is -0.380. The number of nitrogen functional groups attached to an aromatic ring is 1. The van der Waals surface area contributed by atoms with Gasteiger partial charge in [0.05, 0.1) is 12.8 Å². The highest BCUT2D eigenvalue weighted by Gasteiger charge is 2.23. The fraction of sp³-hybridized carbons (Fsp3) is 0.467. The zero-order valence-electron chi connectivity index (χ0n) is 11.7. The Bertz CT molecular complexity index is 678. The number of nitrogens with two attached hydrogens (primary N) is 1. The molecule has 4 nitrogen and oxygen atoms in total. The molecule has 0 bridgehead atoms. The smallest absolute Gasteiger partial charge is 0.350 e. The normalized spacial score (nSPS) is 18.0. The highest BCUT2D eigenvalue weighted by atomic mass is 32.1. The molecule has 1 atom stereocenters. The van der Waals surface area contributed by atoms with Gasteiger partial charge in [-0.15, -0.1) is 11.3 Å². The highest BCUT2D eigenvalue weighted by Crippen LogP contribution is 2.36. The first-order valence-electron chi connectivity index (χ1n) is 6.93. The van der Waals surface area contributed by atoms with E-state index in [1.54, 1.807) is 0 Å². The number of rotatable bonds is 2. The van der Waals surface area contributed by atoms with Crippen molar-refractivity contribution in [3.8, 4) is 0 Å². The minimum Gasteiger partial charge on any atom is -0.465 e. The maximum absolute atomic E-state index is 11.7. The van der Waals surface area contributed by atoms with E-state index in [0.717, 1.165) is 29.0 Å². The van der Waals surface area contributed by atoms with Crippen LogP contribution in [0.25, 0.3) is 10.2 Å². The Balaban J connectivity index is 2.11. The van der Waals surface area contributed by atoms with Crippen molar-refractivity contribution in [1.29, 1.82) is 0 Å². The summed E-state index contributed by atoms with van der Waals surface area (Å²) in [6.45, 7) is 2.23. The standard InChI is InChI=1S/C15H18N2O2S/c1-3-8-4-5-11-9(6-8)7-10-12(16)13(15(18)19-2)20-14(10)17-11/h7-8H,3-6,16H2,1-2H3/t8-/m1/s1. The van der Waals surface area contributed by atoms with E-state index in [1.807, 2.05) is 0 Å². The summed E-state index contributed by atoms with van der Waals surface area (Å²) in [5, 5.41) is 0.894. The lowest BCUT2D eigenvalue weighted by atomic mass is 9.85. The van der Waals surface area contributed by atoms with Gasteiger partial charge in [-0.2, -0.15) is 0 Å². The van der Waals surface area contributed by atoms with E-state index in [-0.39, 0.29) is 5.97 Å². The number of esters is 1. The lowest BCUT2D eigenvalue weighted by Crippen LogP contribution is -2.14. The van der Waals surface area contributed by atoms with Crippen LogP contribution in [0.2, 0.25) is 0 Å². The predicted molar refractivity (Wildman–Crippen MR) is 81.2 cm³/mol. The zero-order chi connectivity index (χ0) is 14.3.